The third-order valence-electron chi connectivity index (χ3n) is 3.39. The lowest BCUT2D eigenvalue weighted by atomic mass is 10.2. The Morgan fingerprint density at radius 3 is 2.68 bits per heavy atom. The number of rotatable bonds is 6. The second kappa shape index (κ2) is 7.59. The van der Waals surface area contributed by atoms with Gasteiger partial charge in [-0.2, -0.15) is 0 Å². The summed E-state index contributed by atoms with van der Waals surface area (Å²) in [5.74, 6) is 1.17. The van der Waals surface area contributed by atoms with Gasteiger partial charge in [0.25, 0.3) is 5.69 Å². The lowest BCUT2D eigenvalue weighted by Crippen LogP contribution is -2.19. The van der Waals surface area contributed by atoms with E-state index in [1.165, 1.54) is 18.2 Å². The molecule has 3 aromatic rings. The van der Waals surface area contributed by atoms with Crippen LogP contribution in [0.2, 0.25) is 0 Å². The Morgan fingerprint density at radius 2 is 2.00 bits per heavy atom. The van der Waals surface area contributed by atoms with Crippen LogP contribution in [0.25, 0.3) is 16.7 Å². The summed E-state index contributed by atoms with van der Waals surface area (Å²) in [6, 6.07) is 13.6. The maximum Gasteiger partial charge on any atom is 0.269 e. The van der Waals surface area contributed by atoms with Gasteiger partial charge < -0.3 is 9.73 Å². The summed E-state index contributed by atoms with van der Waals surface area (Å²) in [6.07, 6.45) is 2.97. The number of hydrogen-bond donors (Lipinski definition) is 1. The SMILES string of the molecule is O=C(/C=C/c1ccc([N+](=O)[O-])cc1)NCc1ccc(-c2cccs2)o1. The zero-order valence-electron chi connectivity index (χ0n) is 13.0. The Labute approximate surface area is 147 Å². The van der Waals surface area contributed by atoms with E-state index in [4.69, 9.17) is 4.42 Å². The number of furan rings is 1. The summed E-state index contributed by atoms with van der Waals surface area (Å²) >= 11 is 1.59. The third-order valence-corrected chi connectivity index (χ3v) is 4.28. The molecule has 2 aromatic heterocycles. The monoisotopic (exact) mass is 354 g/mol. The molecule has 0 saturated heterocycles. The number of nitro benzene ring substituents is 1. The summed E-state index contributed by atoms with van der Waals surface area (Å²) in [6.45, 7) is 0.287. The topological polar surface area (TPSA) is 85.4 Å². The lowest BCUT2D eigenvalue weighted by molar-refractivity contribution is -0.384. The van der Waals surface area contributed by atoms with E-state index in [2.05, 4.69) is 5.32 Å². The van der Waals surface area contributed by atoms with Gasteiger partial charge in [0.05, 0.1) is 16.3 Å². The van der Waals surface area contributed by atoms with Crippen LogP contribution < -0.4 is 5.32 Å². The van der Waals surface area contributed by atoms with Crippen LogP contribution in [-0.2, 0) is 11.3 Å². The van der Waals surface area contributed by atoms with Crippen LogP contribution >= 0.6 is 11.3 Å². The predicted molar refractivity (Wildman–Crippen MR) is 96.0 cm³/mol. The first kappa shape index (κ1) is 16.7. The summed E-state index contributed by atoms with van der Waals surface area (Å²) in [5.41, 5.74) is 0.722. The van der Waals surface area contributed by atoms with Gasteiger partial charge in [-0.1, -0.05) is 6.07 Å². The molecule has 0 spiro atoms. The zero-order valence-corrected chi connectivity index (χ0v) is 13.9. The van der Waals surface area contributed by atoms with Crippen LogP contribution in [0.1, 0.15) is 11.3 Å². The van der Waals surface area contributed by atoms with Crippen molar-refractivity contribution < 1.29 is 14.1 Å². The first-order valence-corrected chi connectivity index (χ1v) is 8.33. The number of non-ortho nitro benzene ring substituents is 1. The van der Waals surface area contributed by atoms with Crippen molar-refractivity contribution in [3.8, 4) is 10.6 Å². The fourth-order valence-electron chi connectivity index (χ4n) is 2.14. The van der Waals surface area contributed by atoms with Gasteiger partial charge in [-0.15, -0.1) is 11.3 Å². The molecule has 0 unspecified atom stereocenters. The molecular formula is C18H14N2O4S. The maximum atomic E-state index is 11.9. The van der Waals surface area contributed by atoms with Crippen LogP contribution in [0.5, 0.6) is 0 Å². The zero-order chi connectivity index (χ0) is 17.6. The van der Waals surface area contributed by atoms with E-state index in [0.717, 1.165) is 10.6 Å². The normalized spacial score (nSPS) is 10.9. The predicted octanol–water partition coefficient (Wildman–Crippen LogP) is 4.25. The molecule has 25 heavy (non-hydrogen) atoms. The number of hydrogen-bond acceptors (Lipinski definition) is 5. The Morgan fingerprint density at radius 1 is 1.20 bits per heavy atom. The van der Waals surface area contributed by atoms with Gasteiger partial charge in [0.15, 0.2) is 0 Å². The van der Waals surface area contributed by atoms with Crippen molar-refractivity contribution in [2.24, 2.45) is 0 Å². The van der Waals surface area contributed by atoms with Gasteiger partial charge in [0.1, 0.15) is 11.5 Å². The van der Waals surface area contributed by atoms with Crippen molar-refractivity contribution in [1.82, 2.24) is 5.32 Å². The maximum absolute atomic E-state index is 11.9. The quantitative estimate of drug-likeness (QED) is 0.407. The van der Waals surface area contributed by atoms with Gasteiger partial charge in [-0.25, -0.2) is 0 Å². The molecule has 0 saturated carbocycles. The highest BCUT2D eigenvalue weighted by molar-refractivity contribution is 7.13. The molecule has 1 aromatic carbocycles. The average molecular weight is 354 g/mol. The van der Waals surface area contributed by atoms with E-state index < -0.39 is 4.92 Å². The van der Waals surface area contributed by atoms with Crippen LogP contribution in [0.3, 0.4) is 0 Å². The van der Waals surface area contributed by atoms with Crippen LogP contribution in [0.15, 0.2) is 64.4 Å². The number of carbonyl (C=O) groups excluding carboxylic acids is 1. The Kier molecular flexibility index (Phi) is 5.06. The van der Waals surface area contributed by atoms with Gasteiger partial charge in [0, 0.05) is 18.2 Å². The van der Waals surface area contributed by atoms with Crippen molar-refractivity contribution in [2.75, 3.05) is 0 Å². The molecule has 2 heterocycles. The summed E-state index contributed by atoms with van der Waals surface area (Å²) in [7, 11) is 0. The fourth-order valence-corrected chi connectivity index (χ4v) is 2.82. The highest BCUT2D eigenvalue weighted by atomic mass is 32.1. The molecule has 0 fully saturated rings. The van der Waals surface area contributed by atoms with Gasteiger partial charge >= 0.3 is 0 Å². The van der Waals surface area contributed by atoms with Crippen LogP contribution in [0, 0.1) is 10.1 Å². The number of carbonyl (C=O) groups is 1. The van der Waals surface area contributed by atoms with E-state index in [1.54, 1.807) is 29.5 Å². The standard InChI is InChI=1S/C18H14N2O4S/c21-18(10-5-13-3-6-14(7-4-13)20(22)23)19-12-15-8-9-16(24-15)17-2-1-11-25-17/h1-11H,12H2,(H,19,21)/b10-5+. The highest BCUT2D eigenvalue weighted by Gasteiger charge is 2.06. The fraction of sp³-hybridized carbons (Fsp3) is 0.0556. The van der Waals surface area contributed by atoms with Gasteiger partial charge in [0.2, 0.25) is 5.91 Å². The minimum absolute atomic E-state index is 0.0148. The van der Waals surface area contributed by atoms with Crippen molar-refractivity contribution in [1.29, 1.82) is 0 Å². The number of amides is 1. The van der Waals surface area contributed by atoms with E-state index in [0.29, 0.717) is 11.3 Å². The second-order valence-electron chi connectivity index (χ2n) is 5.14. The minimum atomic E-state index is -0.464. The molecule has 3 rings (SSSR count). The molecule has 0 aliphatic heterocycles. The minimum Gasteiger partial charge on any atom is -0.458 e. The largest absolute Gasteiger partial charge is 0.458 e. The second-order valence-corrected chi connectivity index (χ2v) is 6.09. The molecular weight excluding hydrogens is 340 g/mol. The number of thiophene rings is 1. The van der Waals surface area contributed by atoms with E-state index in [1.807, 2.05) is 29.6 Å². The molecule has 0 aliphatic carbocycles. The molecule has 0 aliphatic rings. The summed E-state index contributed by atoms with van der Waals surface area (Å²) in [4.78, 5) is 23.0. The molecule has 1 N–H and O–H groups in total. The van der Waals surface area contributed by atoms with E-state index in [9.17, 15) is 14.9 Å². The molecule has 126 valence electrons. The van der Waals surface area contributed by atoms with Crippen molar-refractivity contribution in [3.05, 3.63) is 81.4 Å². The Hall–Kier alpha value is -3.19. The van der Waals surface area contributed by atoms with Crippen LogP contribution in [-0.4, -0.2) is 10.8 Å². The third kappa shape index (κ3) is 4.42. The van der Waals surface area contributed by atoms with E-state index in [-0.39, 0.29) is 18.1 Å². The van der Waals surface area contributed by atoms with Crippen LogP contribution in [0.4, 0.5) is 5.69 Å². The molecule has 6 nitrogen and oxygen atoms in total. The van der Waals surface area contributed by atoms with Gasteiger partial charge in [-0.05, 0) is 47.4 Å². The molecule has 0 bridgehead atoms. The highest BCUT2D eigenvalue weighted by Crippen LogP contribution is 2.26. The smallest absolute Gasteiger partial charge is 0.269 e. The molecule has 0 atom stereocenters. The van der Waals surface area contributed by atoms with Crippen molar-refractivity contribution in [3.63, 3.8) is 0 Å². The Bertz CT molecular complexity index is 896. The Balaban J connectivity index is 1.53. The first-order valence-electron chi connectivity index (χ1n) is 7.45. The average Bonchev–Trinajstić information content (AvgIpc) is 3.29. The lowest BCUT2D eigenvalue weighted by Gasteiger charge is -1.99. The van der Waals surface area contributed by atoms with E-state index >= 15 is 0 Å². The van der Waals surface area contributed by atoms with Crippen molar-refractivity contribution in [2.45, 2.75) is 6.54 Å². The number of nitrogens with one attached hydrogen (secondary N) is 1. The molecule has 0 radical (unpaired) electrons. The summed E-state index contributed by atoms with van der Waals surface area (Å²) in [5, 5.41) is 15.3. The number of nitro groups is 1. The van der Waals surface area contributed by atoms with Crippen molar-refractivity contribution >= 4 is 29.0 Å². The molecule has 7 heteroatoms. The molecule has 1 amide bonds. The number of nitrogens with zero attached hydrogens (tertiary/aromatic N) is 1. The van der Waals surface area contributed by atoms with Gasteiger partial charge in [-0.3, -0.25) is 14.9 Å². The first-order chi connectivity index (χ1) is 12.1. The summed E-state index contributed by atoms with van der Waals surface area (Å²) < 4.78 is 5.68. The number of benzene rings is 1.